The number of hydrogen-bond acceptors (Lipinski definition) is 3. The predicted molar refractivity (Wildman–Crippen MR) is 74.5 cm³/mol. The van der Waals surface area contributed by atoms with Gasteiger partial charge in [0.05, 0.1) is 6.04 Å². The number of aromatic nitrogens is 1. The zero-order valence-corrected chi connectivity index (χ0v) is 11.9. The fourth-order valence-corrected chi connectivity index (χ4v) is 2.41. The van der Waals surface area contributed by atoms with Crippen LogP contribution < -0.4 is 0 Å². The molecule has 2 heterocycles. The summed E-state index contributed by atoms with van der Waals surface area (Å²) in [6.07, 6.45) is 6.31. The van der Waals surface area contributed by atoms with E-state index in [9.17, 15) is 9.59 Å². The molecule has 2 unspecified atom stereocenters. The molecule has 4 nitrogen and oxygen atoms in total. The van der Waals surface area contributed by atoms with Crippen LogP contribution in [-0.4, -0.2) is 29.1 Å². The highest BCUT2D eigenvalue weighted by Gasteiger charge is 2.37. The van der Waals surface area contributed by atoms with E-state index in [0.29, 0.717) is 12.8 Å². The number of carbonyl (C=O) groups excluding carboxylic acids is 2. The Bertz CT molecular complexity index is 406. The van der Waals surface area contributed by atoms with Crippen LogP contribution >= 0.6 is 0 Å². The van der Waals surface area contributed by atoms with E-state index < -0.39 is 0 Å². The minimum absolute atomic E-state index is 0.0181. The molecule has 19 heavy (non-hydrogen) atoms. The Kier molecular flexibility index (Phi) is 6.19. The highest BCUT2D eigenvalue weighted by Crippen LogP contribution is 2.36. The third-order valence-electron chi connectivity index (χ3n) is 3.37. The molecule has 0 bridgehead atoms. The monoisotopic (exact) mass is 262 g/mol. The number of hydrogen-bond donors (Lipinski definition) is 0. The molecule has 0 saturated carbocycles. The van der Waals surface area contributed by atoms with Crippen molar-refractivity contribution in [3.05, 3.63) is 30.1 Å². The minimum atomic E-state index is -0.0181. The number of likely N-dealkylation sites (tertiary alicyclic amines) is 1. The lowest BCUT2D eigenvalue weighted by atomic mass is 9.97. The molecule has 1 aromatic heterocycles. The Morgan fingerprint density at radius 1 is 1.47 bits per heavy atom. The zero-order chi connectivity index (χ0) is 14.3. The van der Waals surface area contributed by atoms with Gasteiger partial charge in [-0.3, -0.25) is 9.78 Å². The Balaban J connectivity index is 0.000000861. The molecule has 2 atom stereocenters. The summed E-state index contributed by atoms with van der Waals surface area (Å²) in [5, 5.41) is 0. The second-order valence-corrected chi connectivity index (χ2v) is 4.43. The zero-order valence-electron chi connectivity index (χ0n) is 11.9. The van der Waals surface area contributed by atoms with Gasteiger partial charge in [-0.05, 0) is 24.5 Å². The van der Waals surface area contributed by atoms with E-state index in [1.807, 2.05) is 33.0 Å². The highest BCUT2D eigenvalue weighted by molar-refractivity contribution is 5.81. The molecule has 1 aromatic rings. The van der Waals surface area contributed by atoms with Crippen LogP contribution in [0.3, 0.4) is 0 Å². The van der Waals surface area contributed by atoms with Crippen LogP contribution in [0, 0.1) is 5.92 Å². The molecule has 1 fully saturated rings. The Labute approximate surface area is 114 Å². The summed E-state index contributed by atoms with van der Waals surface area (Å²) in [6.45, 7) is 4.00. The van der Waals surface area contributed by atoms with E-state index in [1.54, 1.807) is 17.3 Å². The van der Waals surface area contributed by atoms with Gasteiger partial charge in [0.25, 0.3) is 0 Å². The van der Waals surface area contributed by atoms with Crippen molar-refractivity contribution in [1.29, 1.82) is 0 Å². The molecule has 0 radical (unpaired) electrons. The van der Waals surface area contributed by atoms with Crippen molar-refractivity contribution < 1.29 is 9.59 Å². The SMILES string of the molecule is CC.CN1C(=O)C(CCC=O)CC1c1cccnc1. The number of nitrogens with zero attached hydrogens (tertiary/aromatic N) is 2. The average molecular weight is 262 g/mol. The van der Waals surface area contributed by atoms with Crippen molar-refractivity contribution >= 4 is 12.2 Å². The normalized spacial score (nSPS) is 21.8. The Hall–Kier alpha value is -1.71. The van der Waals surface area contributed by atoms with Crippen LogP contribution in [0.5, 0.6) is 0 Å². The van der Waals surface area contributed by atoms with Gasteiger partial charge in [-0.25, -0.2) is 0 Å². The van der Waals surface area contributed by atoms with Crippen molar-refractivity contribution in [3.63, 3.8) is 0 Å². The maximum Gasteiger partial charge on any atom is 0.226 e. The second-order valence-electron chi connectivity index (χ2n) is 4.43. The van der Waals surface area contributed by atoms with Gasteiger partial charge in [0.15, 0.2) is 0 Å². The lowest BCUT2D eigenvalue weighted by Gasteiger charge is -2.19. The van der Waals surface area contributed by atoms with E-state index in [0.717, 1.165) is 18.3 Å². The van der Waals surface area contributed by atoms with E-state index in [1.165, 1.54) is 0 Å². The van der Waals surface area contributed by atoms with Crippen LogP contribution in [0.4, 0.5) is 0 Å². The molecule has 0 spiro atoms. The number of amides is 1. The molecular weight excluding hydrogens is 240 g/mol. The maximum atomic E-state index is 12.0. The van der Waals surface area contributed by atoms with Gasteiger partial charge >= 0.3 is 0 Å². The molecule has 4 heteroatoms. The summed E-state index contributed by atoms with van der Waals surface area (Å²) in [5.41, 5.74) is 1.07. The number of rotatable bonds is 4. The van der Waals surface area contributed by atoms with Crippen molar-refractivity contribution in [2.24, 2.45) is 5.92 Å². The van der Waals surface area contributed by atoms with Gasteiger partial charge in [0, 0.05) is 31.8 Å². The van der Waals surface area contributed by atoms with Gasteiger partial charge in [0.2, 0.25) is 5.91 Å². The number of aldehydes is 1. The fraction of sp³-hybridized carbons (Fsp3) is 0.533. The first-order valence-corrected chi connectivity index (χ1v) is 6.84. The molecular formula is C15H22N2O2. The first-order valence-electron chi connectivity index (χ1n) is 6.84. The van der Waals surface area contributed by atoms with E-state index in [-0.39, 0.29) is 17.9 Å². The molecule has 104 valence electrons. The lowest BCUT2D eigenvalue weighted by Crippen LogP contribution is -2.25. The summed E-state index contributed by atoms with van der Waals surface area (Å²) in [6, 6.07) is 3.98. The van der Waals surface area contributed by atoms with E-state index >= 15 is 0 Å². The standard InChI is InChI=1S/C13H16N2O2.C2H6/c1-15-12(11-4-2-6-14-9-11)8-10(13(15)17)5-3-7-16;1-2/h2,4,6-7,9-10,12H,3,5,8H2,1H3;1-2H3. The summed E-state index contributed by atoms with van der Waals surface area (Å²) < 4.78 is 0. The minimum Gasteiger partial charge on any atom is -0.338 e. The lowest BCUT2D eigenvalue weighted by molar-refractivity contribution is -0.131. The van der Waals surface area contributed by atoms with Crippen molar-refractivity contribution in [1.82, 2.24) is 9.88 Å². The fourth-order valence-electron chi connectivity index (χ4n) is 2.41. The van der Waals surface area contributed by atoms with Crippen LogP contribution in [0.15, 0.2) is 24.5 Å². The smallest absolute Gasteiger partial charge is 0.226 e. The van der Waals surface area contributed by atoms with Gasteiger partial charge in [-0.15, -0.1) is 0 Å². The van der Waals surface area contributed by atoms with Crippen molar-refractivity contribution in [3.8, 4) is 0 Å². The molecule has 0 aromatic carbocycles. The van der Waals surface area contributed by atoms with Gasteiger partial charge in [-0.1, -0.05) is 19.9 Å². The van der Waals surface area contributed by atoms with Crippen molar-refractivity contribution in [2.45, 2.75) is 39.2 Å². The quantitative estimate of drug-likeness (QED) is 0.784. The highest BCUT2D eigenvalue weighted by atomic mass is 16.2. The molecule has 2 rings (SSSR count). The number of carbonyl (C=O) groups is 2. The maximum absolute atomic E-state index is 12.0. The topological polar surface area (TPSA) is 50.3 Å². The first kappa shape index (κ1) is 15.3. The van der Waals surface area contributed by atoms with Crippen LogP contribution in [0.25, 0.3) is 0 Å². The van der Waals surface area contributed by atoms with Crippen LogP contribution in [-0.2, 0) is 9.59 Å². The molecule has 1 saturated heterocycles. The summed E-state index contributed by atoms with van der Waals surface area (Å²) >= 11 is 0. The third-order valence-corrected chi connectivity index (χ3v) is 3.37. The van der Waals surface area contributed by atoms with Gasteiger partial charge < -0.3 is 9.69 Å². The van der Waals surface area contributed by atoms with Crippen molar-refractivity contribution in [2.75, 3.05) is 7.05 Å². The summed E-state index contributed by atoms with van der Waals surface area (Å²) in [4.78, 5) is 28.2. The summed E-state index contributed by atoms with van der Waals surface area (Å²) in [5.74, 6) is 0.121. The second kappa shape index (κ2) is 7.67. The van der Waals surface area contributed by atoms with E-state index in [2.05, 4.69) is 4.98 Å². The van der Waals surface area contributed by atoms with E-state index in [4.69, 9.17) is 0 Å². The van der Waals surface area contributed by atoms with Gasteiger partial charge in [0.1, 0.15) is 6.29 Å². The van der Waals surface area contributed by atoms with Crippen LogP contribution in [0.2, 0.25) is 0 Å². The van der Waals surface area contributed by atoms with Crippen LogP contribution in [0.1, 0.15) is 44.7 Å². The largest absolute Gasteiger partial charge is 0.338 e. The average Bonchev–Trinajstić information content (AvgIpc) is 2.76. The molecule has 0 N–H and O–H groups in total. The number of pyridine rings is 1. The molecule has 1 aliphatic rings. The first-order chi connectivity index (χ1) is 9.24. The molecule has 1 amide bonds. The third kappa shape index (κ3) is 3.63. The molecule has 0 aliphatic carbocycles. The Morgan fingerprint density at radius 2 is 2.21 bits per heavy atom. The predicted octanol–water partition coefficient (Wildman–Crippen LogP) is 2.61. The Morgan fingerprint density at radius 3 is 2.79 bits per heavy atom. The van der Waals surface area contributed by atoms with Gasteiger partial charge in [-0.2, -0.15) is 0 Å². The molecule has 1 aliphatic heterocycles. The summed E-state index contributed by atoms with van der Waals surface area (Å²) in [7, 11) is 1.82.